The second-order valence-electron chi connectivity index (χ2n) is 4.44. The molecular formula is C16H19IO3. The molecule has 4 heteroatoms. The van der Waals surface area contributed by atoms with E-state index in [9.17, 15) is 9.59 Å². The van der Waals surface area contributed by atoms with Crippen molar-refractivity contribution >= 4 is 34.2 Å². The van der Waals surface area contributed by atoms with Gasteiger partial charge < -0.3 is 4.74 Å². The maximum absolute atomic E-state index is 12.0. The monoisotopic (exact) mass is 386 g/mol. The van der Waals surface area contributed by atoms with Gasteiger partial charge in [-0.25, -0.2) is 0 Å². The number of unbranched alkanes of at least 4 members (excludes halogenated alkanes) is 1. The molecule has 1 aliphatic rings. The Balaban J connectivity index is 0.00000200. The number of allylic oxidation sites excluding steroid dienone is 2. The number of ketones is 2. The van der Waals surface area contributed by atoms with Crippen LogP contribution in [0.2, 0.25) is 0 Å². The molecule has 0 unspecified atom stereocenters. The van der Waals surface area contributed by atoms with Crippen LogP contribution in [0.3, 0.4) is 0 Å². The second kappa shape index (κ2) is 7.57. The molecule has 0 atom stereocenters. The first-order valence-electron chi connectivity index (χ1n) is 6.24. The fourth-order valence-electron chi connectivity index (χ4n) is 2.02. The van der Waals surface area contributed by atoms with Crippen LogP contribution < -0.4 is 4.74 Å². The highest BCUT2D eigenvalue weighted by Crippen LogP contribution is 2.29. The number of carbonyl (C=O) groups excluding carboxylic acids is 2. The van der Waals surface area contributed by atoms with Gasteiger partial charge in [0.1, 0.15) is 5.75 Å². The highest BCUT2D eigenvalue weighted by atomic mass is 127. The van der Waals surface area contributed by atoms with Gasteiger partial charge >= 0.3 is 0 Å². The zero-order chi connectivity index (χ0) is 13.8. The minimum absolute atomic E-state index is 0. The Morgan fingerprint density at radius 1 is 1.20 bits per heavy atom. The lowest BCUT2D eigenvalue weighted by molar-refractivity contribution is 0.0981. The van der Waals surface area contributed by atoms with E-state index in [4.69, 9.17) is 4.74 Å². The third-order valence-corrected chi connectivity index (χ3v) is 3.77. The number of hydrogen-bond donors (Lipinski definition) is 0. The molecule has 0 aliphatic heterocycles. The Bertz CT molecular complexity index is 547. The first-order chi connectivity index (χ1) is 9.15. The third kappa shape index (κ3) is 3.48. The molecule has 0 amide bonds. The van der Waals surface area contributed by atoms with Crippen LogP contribution in [0.1, 0.15) is 47.9 Å². The van der Waals surface area contributed by atoms with Crippen molar-refractivity contribution in [1.29, 1.82) is 0 Å². The average molecular weight is 386 g/mol. The summed E-state index contributed by atoms with van der Waals surface area (Å²) in [7, 11) is 0. The van der Waals surface area contributed by atoms with Gasteiger partial charge in [-0.05, 0) is 36.3 Å². The minimum atomic E-state index is -0.142. The van der Waals surface area contributed by atoms with Gasteiger partial charge in [0.05, 0.1) is 12.2 Å². The van der Waals surface area contributed by atoms with Crippen LogP contribution in [0.25, 0.3) is 0 Å². The summed E-state index contributed by atoms with van der Waals surface area (Å²) in [4.78, 5) is 24.1. The van der Waals surface area contributed by atoms with E-state index in [1.165, 1.54) is 6.08 Å². The van der Waals surface area contributed by atoms with Crippen molar-refractivity contribution in [3.63, 3.8) is 0 Å². The molecule has 0 bridgehead atoms. The minimum Gasteiger partial charge on any atom is -0.493 e. The molecule has 1 aromatic carbocycles. The number of benzene rings is 1. The predicted molar refractivity (Wildman–Crippen MR) is 89.2 cm³/mol. The summed E-state index contributed by atoms with van der Waals surface area (Å²) in [6, 6.07) is 5.20. The number of ether oxygens (including phenoxy) is 1. The molecule has 0 saturated carbocycles. The predicted octanol–water partition coefficient (Wildman–Crippen LogP) is 4.24. The maximum atomic E-state index is 12.0. The van der Waals surface area contributed by atoms with Crippen molar-refractivity contribution in [2.45, 2.75) is 27.2 Å². The van der Waals surface area contributed by atoms with Crippen molar-refractivity contribution in [3.05, 3.63) is 41.0 Å². The highest BCUT2D eigenvalue weighted by Gasteiger charge is 2.26. The lowest BCUT2D eigenvalue weighted by Crippen LogP contribution is -2.17. The number of halogens is 1. The molecule has 3 nitrogen and oxygen atoms in total. The molecule has 0 N–H and O–H groups in total. The van der Waals surface area contributed by atoms with Crippen LogP contribution in [-0.2, 0) is 0 Å². The fraction of sp³-hybridized carbons (Fsp3) is 0.375. The van der Waals surface area contributed by atoms with Gasteiger partial charge in [0.15, 0.2) is 11.6 Å². The summed E-state index contributed by atoms with van der Waals surface area (Å²) in [5.74, 6) is 0.289. The summed E-state index contributed by atoms with van der Waals surface area (Å²) < 4.78 is 6.75. The van der Waals surface area contributed by atoms with Crippen molar-refractivity contribution < 1.29 is 14.3 Å². The van der Waals surface area contributed by atoms with Crippen LogP contribution in [-0.4, -0.2) is 22.6 Å². The lowest BCUT2D eigenvalue weighted by Gasteiger charge is -2.16. The standard InChI is InChI=1S/C15H15IO3.CH4/c1-10-9-12(17)14-11(15(10)18)5-4-6-13(14)19-8-3-2-7-16;/h4-6,9H,2-3,7-8H2,1H3;1H4. The Labute approximate surface area is 133 Å². The first-order valence-corrected chi connectivity index (χ1v) is 7.77. The number of alkyl halides is 1. The quantitative estimate of drug-likeness (QED) is 0.432. The smallest absolute Gasteiger partial charge is 0.190 e. The number of hydrogen-bond acceptors (Lipinski definition) is 3. The van der Waals surface area contributed by atoms with Crippen molar-refractivity contribution in [1.82, 2.24) is 0 Å². The van der Waals surface area contributed by atoms with Gasteiger partial charge in [0, 0.05) is 11.1 Å². The highest BCUT2D eigenvalue weighted by molar-refractivity contribution is 14.1. The topological polar surface area (TPSA) is 43.4 Å². The van der Waals surface area contributed by atoms with E-state index in [0.717, 1.165) is 17.3 Å². The molecule has 0 heterocycles. The van der Waals surface area contributed by atoms with Gasteiger partial charge in [0.2, 0.25) is 0 Å². The second-order valence-corrected chi connectivity index (χ2v) is 5.52. The fourth-order valence-corrected chi connectivity index (χ4v) is 2.56. The first kappa shape index (κ1) is 16.9. The molecule has 1 aliphatic carbocycles. The number of Topliss-reactive ketones (excluding diaryl/α,β-unsaturated/α-hetero) is 1. The Kier molecular flexibility index (Phi) is 6.39. The molecular weight excluding hydrogens is 367 g/mol. The molecule has 1 aromatic rings. The van der Waals surface area contributed by atoms with Gasteiger partial charge in [-0.3, -0.25) is 9.59 Å². The van der Waals surface area contributed by atoms with Crippen molar-refractivity contribution in [3.8, 4) is 5.75 Å². The summed E-state index contributed by atoms with van der Waals surface area (Å²) in [6.07, 6.45) is 3.42. The van der Waals surface area contributed by atoms with Gasteiger partial charge in [-0.2, -0.15) is 0 Å². The van der Waals surface area contributed by atoms with E-state index in [2.05, 4.69) is 22.6 Å². The summed E-state index contributed by atoms with van der Waals surface area (Å²) in [6.45, 7) is 2.24. The Hall–Kier alpha value is -1.17. The SMILES string of the molecule is C.CC1=CC(=O)c2c(OCCCCI)cccc2C1=O. The van der Waals surface area contributed by atoms with E-state index in [0.29, 0.717) is 29.1 Å². The molecule has 0 saturated heterocycles. The Morgan fingerprint density at radius 3 is 2.65 bits per heavy atom. The zero-order valence-corrected chi connectivity index (χ0v) is 12.9. The average Bonchev–Trinajstić information content (AvgIpc) is 2.41. The molecule has 2 rings (SSSR count). The van der Waals surface area contributed by atoms with E-state index < -0.39 is 0 Å². The largest absolute Gasteiger partial charge is 0.493 e. The van der Waals surface area contributed by atoms with Crippen LogP contribution in [0, 0.1) is 0 Å². The number of carbonyl (C=O) groups is 2. The van der Waals surface area contributed by atoms with Crippen molar-refractivity contribution in [2.24, 2.45) is 0 Å². The molecule has 0 spiro atoms. The van der Waals surface area contributed by atoms with Crippen LogP contribution in [0.4, 0.5) is 0 Å². The van der Waals surface area contributed by atoms with Crippen molar-refractivity contribution in [2.75, 3.05) is 11.0 Å². The van der Waals surface area contributed by atoms with E-state index >= 15 is 0 Å². The molecule has 0 fully saturated rings. The molecule has 0 aromatic heterocycles. The van der Waals surface area contributed by atoms with E-state index in [1.807, 2.05) is 0 Å². The van der Waals surface area contributed by atoms with Gasteiger partial charge in [-0.1, -0.05) is 42.2 Å². The van der Waals surface area contributed by atoms with Crippen LogP contribution >= 0.6 is 22.6 Å². The van der Waals surface area contributed by atoms with Gasteiger partial charge in [-0.15, -0.1) is 0 Å². The van der Waals surface area contributed by atoms with Crippen LogP contribution in [0.5, 0.6) is 5.75 Å². The summed E-state index contributed by atoms with van der Waals surface area (Å²) >= 11 is 2.32. The number of rotatable bonds is 5. The third-order valence-electron chi connectivity index (χ3n) is 3.01. The maximum Gasteiger partial charge on any atom is 0.190 e. The number of fused-ring (bicyclic) bond motifs is 1. The molecule has 108 valence electrons. The normalized spacial score (nSPS) is 13.4. The summed E-state index contributed by atoms with van der Waals surface area (Å²) in [5.41, 5.74) is 1.35. The summed E-state index contributed by atoms with van der Waals surface area (Å²) in [5, 5.41) is 0. The van der Waals surface area contributed by atoms with E-state index in [1.54, 1.807) is 25.1 Å². The lowest BCUT2D eigenvalue weighted by atomic mass is 9.89. The van der Waals surface area contributed by atoms with Crippen LogP contribution in [0.15, 0.2) is 29.8 Å². The van der Waals surface area contributed by atoms with E-state index in [-0.39, 0.29) is 19.0 Å². The zero-order valence-electron chi connectivity index (χ0n) is 10.7. The Morgan fingerprint density at radius 2 is 1.95 bits per heavy atom. The van der Waals surface area contributed by atoms with Gasteiger partial charge in [0.25, 0.3) is 0 Å². The molecule has 20 heavy (non-hydrogen) atoms. The molecule has 0 radical (unpaired) electrons.